The van der Waals surface area contributed by atoms with Gasteiger partial charge in [-0.05, 0) is 28.0 Å². The maximum Gasteiger partial charge on any atom is 0.336 e. The van der Waals surface area contributed by atoms with Crippen LogP contribution in [0.25, 0.3) is 22.9 Å². The maximum absolute atomic E-state index is 11.0. The van der Waals surface area contributed by atoms with Gasteiger partial charge in [-0.2, -0.15) is 0 Å². The van der Waals surface area contributed by atoms with Gasteiger partial charge in [0.25, 0.3) is 0 Å². The summed E-state index contributed by atoms with van der Waals surface area (Å²) in [5, 5.41) is 11.2. The van der Waals surface area contributed by atoms with Gasteiger partial charge in [0.1, 0.15) is 0 Å². The van der Waals surface area contributed by atoms with Crippen LogP contribution < -0.4 is 0 Å². The second kappa shape index (κ2) is 2.70. The first-order valence-corrected chi connectivity index (χ1v) is 4.74. The fourth-order valence-corrected chi connectivity index (χ4v) is 2.11. The minimum absolute atomic E-state index is 0.378. The maximum atomic E-state index is 11.0. The van der Waals surface area contributed by atoms with E-state index in [1.807, 2.05) is 36.4 Å². The summed E-state index contributed by atoms with van der Waals surface area (Å²) in [6.45, 7) is 0. The summed E-state index contributed by atoms with van der Waals surface area (Å²) < 4.78 is 0. The van der Waals surface area contributed by atoms with E-state index < -0.39 is 5.97 Å². The molecule has 0 unspecified atom stereocenters. The van der Waals surface area contributed by atoms with E-state index in [2.05, 4.69) is 0 Å². The van der Waals surface area contributed by atoms with E-state index in [0.717, 1.165) is 21.9 Å². The van der Waals surface area contributed by atoms with Gasteiger partial charge in [0, 0.05) is 0 Å². The van der Waals surface area contributed by atoms with Crippen LogP contribution in [0.3, 0.4) is 0 Å². The number of aromatic carboxylic acids is 1. The van der Waals surface area contributed by atoms with Crippen molar-refractivity contribution < 1.29 is 9.90 Å². The van der Waals surface area contributed by atoms with Gasteiger partial charge in [0.2, 0.25) is 0 Å². The number of rotatable bonds is 1. The largest absolute Gasteiger partial charge is 0.478 e. The highest BCUT2D eigenvalue weighted by molar-refractivity contribution is 6.10. The SMILES string of the molecule is O=C(O)c1ccc2cccc3c2c1C=C3. The molecule has 1 aliphatic rings. The fraction of sp³-hybridized carbons (Fsp3) is 0. The van der Waals surface area contributed by atoms with Crippen molar-refractivity contribution >= 4 is 28.9 Å². The van der Waals surface area contributed by atoms with Crippen molar-refractivity contribution in [1.82, 2.24) is 0 Å². The Bertz CT molecular complexity index is 609. The second-order valence-electron chi connectivity index (χ2n) is 3.61. The molecular formula is C13H8O2. The predicted octanol–water partition coefficient (Wildman–Crippen LogP) is 3.02. The highest BCUT2D eigenvalue weighted by atomic mass is 16.4. The summed E-state index contributed by atoms with van der Waals surface area (Å²) in [4.78, 5) is 11.0. The molecule has 0 fully saturated rings. The third-order valence-electron chi connectivity index (χ3n) is 2.78. The Kier molecular flexibility index (Phi) is 1.48. The number of carbonyl (C=O) groups is 1. The molecule has 2 heteroatoms. The summed E-state index contributed by atoms with van der Waals surface area (Å²) in [5.41, 5.74) is 2.31. The monoisotopic (exact) mass is 196 g/mol. The zero-order valence-electron chi connectivity index (χ0n) is 7.90. The summed E-state index contributed by atoms with van der Waals surface area (Å²) >= 11 is 0. The lowest BCUT2D eigenvalue weighted by Crippen LogP contribution is -1.99. The smallest absolute Gasteiger partial charge is 0.336 e. The molecule has 2 aromatic carbocycles. The average Bonchev–Trinajstić information content (AvgIpc) is 2.65. The first-order chi connectivity index (χ1) is 7.27. The van der Waals surface area contributed by atoms with Crippen molar-refractivity contribution in [1.29, 1.82) is 0 Å². The van der Waals surface area contributed by atoms with Crippen LogP contribution in [0.5, 0.6) is 0 Å². The minimum atomic E-state index is -0.867. The molecule has 0 aromatic heterocycles. The van der Waals surface area contributed by atoms with E-state index in [4.69, 9.17) is 5.11 Å². The van der Waals surface area contributed by atoms with Gasteiger partial charge in [-0.3, -0.25) is 0 Å². The highest BCUT2D eigenvalue weighted by Gasteiger charge is 2.16. The molecule has 0 saturated carbocycles. The van der Waals surface area contributed by atoms with Gasteiger partial charge in [0.05, 0.1) is 5.56 Å². The van der Waals surface area contributed by atoms with E-state index in [1.165, 1.54) is 0 Å². The van der Waals surface area contributed by atoms with Crippen LogP contribution in [0.1, 0.15) is 21.5 Å². The Morgan fingerprint density at radius 2 is 1.93 bits per heavy atom. The van der Waals surface area contributed by atoms with Crippen LogP contribution in [-0.4, -0.2) is 11.1 Å². The molecule has 0 bridgehead atoms. The van der Waals surface area contributed by atoms with E-state index in [-0.39, 0.29) is 0 Å². The third kappa shape index (κ3) is 1.02. The van der Waals surface area contributed by atoms with Crippen molar-refractivity contribution in [2.24, 2.45) is 0 Å². The van der Waals surface area contributed by atoms with Gasteiger partial charge in [0.15, 0.2) is 0 Å². The zero-order chi connectivity index (χ0) is 10.4. The number of hydrogen-bond donors (Lipinski definition) is 1. The van der Waals surface area contributed by atoms with Crippen molar-refractivity contribution in [3.05, 3.63) is 47.0 Å². The summed E-state index contributed by atoms with van der Waals surface area (Å²) in [6.07, 6.45) is 3.84. The van der Waals surface area contributed by atoms with Crippen LogP contribution in [0.4, 0.5) is 0 Å². The molecule has 0 radical (unpaired) electrons. The third-order valence-corrected chi connectivity index (χ3v) is 2.78. The van der Waals surface area contributed by atoms with Crippen LogP contribution in [0.2, 0.25) is 0 Å². The van der Waals surface area contributed by atoms with Gasteiger partial charge in [-0.25, -0.2) is 4.79 Å². The average molecular weight is 196 g/mol. The first kappa shape index (κ1) is 8.24. The molecule has 0 atom stereocenters. The van der Waals surface area contributed by atoms with Crippen LogP contribution in [0.15, 0.2) is 30.3 Å². The topological polar surface area (TPSA) is 37.3 Å². The number of hydrogen-bond acceptors (Lipinski definition) is 1. The molecule has 0 aliphatic heterocycles. The second-order valence-corrected chi connectivity index (χ2v) is 3.61. The molecule has 2 nitrogen and oxygen atoms in total. The predicted molar refractivity (Wildman–Crippen MR) is 59.8 cm³/mol. The van der Waals surface area contributed by atoms with Crippen molar-refractivity contribution in [3.8, 4) is 0 Å². The lowest BCUT2D eigenvalue weighted by atomic mass is 10.00. The molecule has 72 valence electrons. The van der Waals surface area contributed by atoms with Gasteiger partial charge < -0.3 is 5.11 Å². The van der Waals surface area contributed by atoms with E-state index >= 15 is 0 Å². The van der Waals surface area contributed by atoms with Crippen LogP contribution in [0, 0.1) is 0 Å². The molecule has 1 aliphatic carbocycles. The Hall–Kier alpha value is -2.09. The molecule has 0 spiro atoms. The molecule has 0 amide bonds. The number of carboxylic acid groups (broad SMARTS) is 1. The normalized spacial score (nSPS) is 12.3. The molecule has 2 aromatic rings. The number of carboxylic acids is 1. The van der Waals surface area contributed by atoms with Gasteiger partial charge in [-0.1, -0.05) is 36.4 Å². The molecule has 1 N–H and O–H groups in total. The summed E-state index contributed by atoms with van der Waals surface area (Å²) in [5.74, 6) is -0.867. The molecule has 15 heavy (non-hydrogen) atoms. The molecule has 3 rings (SSSR count). The van der Waals surface area contributed by atoms with Gasteiger partial charge >= 0.3 is 5.97 Å². The lowest BCUT2D eigenvalue weighted by molar-refractivity contribution is 0.0697. The van der Waals surface area contributed by atoms with E-state index in [9.17, 15) is 4.79 Å². The van der Waals surface area contributed by atoms with Crippen LogP contribution >= 0.6 is 0 Å². The molecular weight excluding hydrogens is 188 g/mol. The Balaban J connectivity index is 2.50. The minimum Gasteiger partial charge on any atom is -0.478 e. The van der Waals surface area contributed by atoms with Crippen LogP contribution in [-0.2, 0) is 0 Å². The zero-order valence-corrected chi connectivity index (χ0v) is 7.90. The number of benzene rings is 2. The quantitative estimate of drug-likeness (QED) is 0.649. The Morgan fingerprint density at radius 3 is 2.73 bits per heavy atom. The lowest BCUT2D eigenvalue weighted by Gasteiger charge is -2.04. The van der Waals surface area contributed by atoms with E-state index in [1.54, 1.807) is 6.07 Å². The van der Waals surface area contributed by atoms with Crippen molar-refractivity contribution in [2.45, 2.75) is 0 Å². The Labute approximate surface area is 86.5 Å². The van der Waals surface area contributed by atoms with Gasteiger partial charge in [-0.15, -0.1) is 0 Å². The Morgan fingerprint density at radius 1 is 1.07 bits per heavy atom. The fourth-order valence-electron chi connectivity index (χ4n) is 2.11. The standard InChI is InChI=1S/C13H8O2/c14-13(15)11-7-5-9-3-1-2-8-4-6-10(11)12(8)9/h1-7H,(H,14,15). The summed E-state index contributed by atoms with van der Waals surface area (Å²) in [6, 6.07) is 9.51. The van der Waals surface area contributed by atoms with Crippen molar-refractivity contribution in [2.75, 3.05) is 0 Å². The van der Waals surface area contributed by atoms with Crippen molar-refractivity contribution in [3.63, 3.8) is 0 Å². The summed E-state index contributed by atoms with van der Waals surface area (Å²) in [7, 11) is 0. The first-order valence-electron chi connectivity index (χ1n) is 4.74. The van der Waals surface area contributed by atoms with E-state index in [0.29, 0.717) is 5.56 Å². The highest BCUT2D eigenvalue weighted by Crippen LogP contribution is 2.33. The molecule has 0 saturated heterocycles. The molecule has 0 heterocycles.